The molecule has 2 rings (SSSR count). The van der Waals surface area contributed by atoms with Gasteiger partial charge in [-0.2, -0.15) is 0 Å². The molecule has 0 unspecified atom stereocenters. The zero-order valence-corrected chi connectivity index (χ0v) is 8.68. The molecule has 1 fully saturated rings. The summed E-state index contributed by atoms with van der Waals surface area (Å²) in [5, 5.41) is 3.17. The molecule has 1 saturated carbocycles. The van der Waals surface area contributed by atoms with Gasteiger partial charge in [-0.05, 0) is 56.0 Å². The van der Waals surface area contributed by atoms with Crippen LogP contribution < -0.4 is 5.32 Å². The van der Waals surface area contributed by atoms with E-state index in [0.29, 0.717) is 11.8 Å². The van der Waals surface area contributed by atoms with Crippen LogP contribution in [0.2, 0.25) is 0 Å². The average molecular weight is 193 g/mol. The second-order valence-corrected chi connectivity index (χ2v) is 4.11. The van der Waals surface area contributed by atoms with Crippen LogP contribution in [0.3, 0.4) is 0 Å². The maximum absolute atomic E-state index is 13.3. The van der Waals surface area contributed by atoms with Crippen molar-refractivity contribution in [1.29, 1.82) is 0 Å². The maximum atomic E-state index is 13.3. The van der Waals surface area contributed by atoms with Crippen LogP contribution >= 0.6 is 0 Å². The molecule has 1 aliphatic carbocycles. The van der Waals surface area contributed by atoms with E-state index in [1.807, 2.05) is 20.0 Å². The Kier molecular flexibility index (Phi) is 2.55. The normalized spacial score (nSPS) is 25.1. The molecule has 1 N–H and O–H groups in total. The highest BCUT2D eigenvalue weighted by atomic mass is 19.1. The van der Waals surface area contributed by atoms with Crippen molar-refractivity contribution in [1.82, 2.24) is 5.32 Å². The van der Waals surface area contributed by atoms with Gasteiger partial charge in [0, 0.05) is 0 Å². The lowest BCUT2D eigenvalue weighted by Crippen LogP contribution is -2.10. The van der Waals surface area contributed by atoms with Gasteiger partial charge in [0.2, 0.25) is 0 Å². The number of benzene rings is 1. The molecule has 1 nitrogen and oxygen atoms in total. The third kappa shape index (κ3) is 1.67. The van der Waals surface area contributed by atoms with Gasteiger partial charge in [0.15, 0.2) is 0 Å². The number of hydrogen-bond acceptors (Lipinski definition) is 1. The van der Waals surface area contributed by atoms with Gasteiger partial charge in [0.1, 0.15) is 5.82 Å². The van der Waals surface area contributed by atoms with E-state index in [9.17, 15) is 4.39 Å². The van der Waals surface area contributed by atoms with E-state index in [1.54, 1.807) is 0 Å². The van der Waals surface area contributed by atoms with Gasteiger partial charge in [-0.25, -0.2) is 4.39 Å². The highest BCUT2D eigenvalue weighted by Crippen LogP contribution is 2.48. The van der Waals surface area contributed by atoms with Gasteiger partial charge in [-0.3, -0.25) is 0 Å². The number of rotatable bonds is 3. The van der Waals surface area contributed by atoms with Gasteiger partial charge in [-0.15, -0.1) is 0 Å². The molecule has 0 saturated heterocycles. The Balaban J connectivity index is 2.15. The lowest BCUT2D eigenvalue weighted by Gasteiger charge is -2.05. The Hall–Kier alpha value is -0.890. The van der Waals surface area contributed by atoms with Crippen LogP contribution in [-0.2, 0) is 0 Å². The summed E-state index contributed by atoms with van der Waals surface area (Å²) in [5.74, 6) is 1.22. The van der Waals surface area contributed by atoms with Crippen LogP contribution in [0.1, 0.15) is 23.5 Å². The fraction of sp³-hybridized carbons (Fsp3) is 0.500. The minimum atomic E-state index is -0.0717. The first-order valence-electron chi connectivity index (χ1n) is 5.13. The quantitative estimate of drug-likeness (QED) is 0.777. The van der Waals surface area contributed by atoms with Crippen molar-refractivity contribution in [3.05, 3.63) is 35.1 Å². The summed E-state index contributed by atoms with van der Waals surface area (Å²) < 4.78 is 13.3. The van der Waals surface area contributed by atoms with Crippen LogP contribution in [0, 0.1) is 18.7 Å². The van der Waals surface area contributed by atoms with Gasteiger partial charge in [0.25, 0.3) is 0 Å². The highest BCUT2D eigenvalue weighted by Gasteiger charge is 2.38. The molecule has 0 bridgehead atoms. The molecule has 1 aromatic rings. The molecule has 14 heavy (non-hydrogen) atoms. The summed E-state index contributed by atoms with van der Waals surface area (Å²) in [6.07, 6.45) is 1.20. The Labute approximate surface area is 84.3 Å². The van der Waals surface area contributed by atoms with E-state index in [0.717, 1.165) is 12.1 Å². The molecule has 0 aromatic heterocycles. The first kappa shape index (κ1) is 9.66. The smallest absolute Gasteiger partial charge is 0.126 e. The minimum absolute atomic E-state index is 0.0717. The van der Waals surface area contributed by atoms with Gasteiger partial charge >= 0.3 is 0 Å². The summed E-state index contributed by atoms with van der Waals surface area (Å²) in [6.45, 7) is 2.92. The van der Waals surface area contributed by atoms with Crippen molar-refractivity contribution < 1.29 is 4.39 Å². The molecule has 1 aromatic carbocycles. The summed E-state index contributed by atoms with van der Waals surface area (Å²) in [7, 11) is 1.97. The molecular weight excluding hydrogens is 177 g/mol. The van der Waals surface area contributed by atoms with E-state index in [1.165, 1.54) is 18.1 Å². The molecule has 0 radical (unpaired) electrons. The SMILES string of the molecule is CNC[C@@H]1C[C@@H]1c1cccc(F)c1C. The van der Waals surface area contributed by atoms with Crippen molar-refractivity contribution in [3.8, 4) is 0 Å². The second kappa shape index (κ2) is 3.70. The highest BCUT2D eigenvalue weighted by molar-refractivity contribution is 5.34. The Morgan fingerprint density at radius 3 is 3.00 bits per heavy atom. The third-order valence-electron chi connectivity index (χ3n) is 3.10. The van der Waals surface area contributed by atoms with Crippen LogP contribution in [0.15, 0.2) is 18.2 Å². The molecule has 0 spiro atoms. The maximum Gasteiger partial charge on any atom is 0.126 e. The first-order chi connectivity index (χ1) is 6.74. The van der Waals surface area contributed by atoms with E-state index >= 15 is 0 Å². The zero-order valence-electron chi connectivity index (χ0n) is 8.68. The summed E-state index contributed by atoms with van der Waals surface area (Å²) in [6, 6.07) is 5.40. The minimum Gasteiger partial charge on any atom is -0.319 e. The van der Waals surface area contributed by atoms with Crippen molar-refractivity contribution in [2.24, 2.45) is 5.92 Å². The molecule has 0 amide bonds. The lowest BCUT2D eigenvalue weighted by molar-refractivity contribution is 0.613. The predicted octanol–water partition coefficient (Wildman–Crippen LogP) is 2.46. The number of halogens is 1. The molecular formula is C12H16FN. The molecule has 2 atom stereocenters. The molecule has 1 aliphatic rings. The summed E-state index contributed by atoms with van der Waals surface area (Å²) >= 11 is 0. The molecule has 0 heterocycles. The standard InChI is InChI=1S/C12H16FN/c1-8-10(4-3-5-12(8)13)11-6-9(11)7-14-2/h3-5,9,11,14H,6-7H2,1-2H3/t9-,11-/m0/s1. The zero-order chi connectivity index (χ0) is 10.1. The van der Waals surface area contributed by atoms with Crippen molar-refractivity contribution >= 4 is 0 Å². The van der Waals surface area contributed by atoms with E-state index in [-0.39, 0.29) is 5.82 Å². The van der Waals surface area contributed by atoms with E-state index in [4.69, 9.17) is 0 Å². The Bertz CT molecular complexity index is 335. The summed E-state index contributed by atoms with van der Waals surface area (Å²) in [4.78, 5) is 0. The van der Waals surface area contributed by atoms with Gasteiger partial charge in [-0.1, -0.05) is 12.1 Å². The lowest BCUT2D eigenvalue weighted by atomic mass is 10.0. The Morgan fingerprint density at radius 2 is 2.29 bits per heavy atom. The number of nitrogens with one attached hydrogen (secondary N) is 1. The average Bonchev–Trinajstić information content (AvgIpc) is 2.90. The largest absolute Gasteiger partial charge is 0.319 e. The fourth-order valence-corrected chi connectivity index (χ4v) is 2.14. The molecule has 2 heteroatoms. The molecule has 76 valence electrons. The van der Waals surface area contributed by atoms with Crippen LogP contribution in [0.25, 0.3) is 0 Å². The first-order valence-corrected chi connectivity index (χ1v) is 5.13. The van der Waals surface area contributed by atoms with Crippen molar-refractivity contribution in [3.63, 3.8) is 0 Å². The van der Waals surface area contributed by atoms with Crippen molar-refractivity contribution in [2.75, 3.05) is 13.6 Å². The van der Waals surface area contributed by atoms with Crippen LogP contribution in [-0.4, -0.2) is 13.6 Å². The third-order valence-corrected chi connectivity index (χ3v) is 3.10. The van der Waals surface area contributed by atoms with Gasteiger partial charge in [0.05, 0.1) is 0 Å². The van der Waals surface area contributed by atoms with E-state index < -0.39 is 0 Å². The van der Waals surface area contributed by atoms with Crippen LogP contribution in [0.4, 0.5) is 4.39 Å². The predicted molar refractivity (Wildman–Crippen MR) is 55.9 cm³/mol. The second-order valence-electron chi connectivity index (χ2n) is 4.11. The number of hydrogen-bond donors (Lipinski definition) is 1. The topological polar surface area (TPSA) is 12.0 Å². The Morgan fingerprint density at radius 1 is 1.50 bits per heavy atom. The molecule has 0 aliphatic heterocycles. The van der Waals surface area contributed by atoms with Gasteiger partial charge < -0.3 is 5.32 Å². The summed E-state index contributed by atoms with van der Waals surface area (Å²) in [5.41, 5.74) is 2.03. The van der Waals surface area contributed by atoms with Crippen LogP contribution in [0.5, 0.6) is 0 Å². The fourth-order valence-electron chi connectivity index (χ4n) is 2.14. The van der Waals surface area contributed by atoms with Crippen molar-refractivity contribution in [2.45, 2.75) is 19.3 Å². The monoisotopic (exact) mass is 193 g/mol. The van der Waals surface area contributed by atoms with E-state index in [2.05, 4.69) is 11.4 Å².